The van der Waals surface area contributed by atoms with Gasteiger partial charge in [0, 0.05) is 19.7 Å². The number of halogens is 25. The summed E-state index contributed by atoms with van der Waals surface area (Å²) >= 11 is 0. The van der Waals surface area contributed by atoms with Crippen LogP contribution in [0.25, 0.3) is 0 Å². The van der Waals surface area contributed by atoms with Crippen LogP contribution in [0.15, 0.2) is 12.7 Å². The summed E-state index contributed by atoms with van der Waals surface area (Å²) in [4.78, 5) is 10.8. The number of carbonyl (C=O) groups excluding carboxylic acids is 1. The maximum absolute atomic E-state index is 14.1. The van der Waals surface area contributed by atoms with Crippen LogP contribution in [0.1, 0.15) is 0 Å². The molecule has 5 nitrogen and oxygen atoms in total. The molecule has 0 aliphatic carbocycles. The lowest BCUT2D eigenvalue weighted by Crippen LogP contribution is -2.78. The highest BCUT2D eigenvalue weighted by Crippen LogP contribution is 2.67. The zero-order chi connectivity index (χ0) is 41.2. The fourth-order valence-electron chi connectivity index (χ4n) is 2.89. The van der Waals surface area contributed by atoms with Gasteiger partial charge in [-0.15, -0.1) is 0 Å². The summed E-state index contributed by atoms with van der Waals surface area (Å²) in [6.07, 6.45) is -7.86. The monoisotopic (exact) mass is 825 g/mol. The Labute approximate surface area is 259 Å². The van der Waals surface area contributed by atoms with Gasteiger partial charge in [0.1, 0.15) is 12.4 Å². The number of esters is 1. The van der Waals surface area contributed by atoms with Crippen molar-refractivity contribution in [1.82, 2.24) is 4.31 Å². The fraction of sp³-hybridized carbons (Fsp3) is 0.842. The third-order valence-electron chi connectivity index (χ3n) is 6.02. The average Bonchev–Trinajstić information content (AvgIpc) is 2.90. The minimum absolute atomic E-state index is 0.0545. The van der Waals surface area contributed by atoms with E-state index in [1.807, 2.05) is 0 Å². The van der Waals surface area contributed by atoms with E-state index in [0.717, 1.165) is 0 Å². The number of rotatable bonds is 17. The van der Waals surface area contributed by atoms with Crippen LogP contribution in [-0.2, 0) is 19.6 Å². The van der Waals surface area contributed by atoms with Crippen molar-refractivity contribution in [3.63, 3.8) is 0 Å². The Morgan fingerprint density at radius 1 is 0.540 bits per heavy atom. The van der Waals surface area contributed by atoms with E-state index in [-0.39, 0.29) is 7.05 Å². The molecule has 0 aromatic carbocycles. The zero-order valence-corrected chi connectivity index (χ0v) is 23.7. The van der Waals surface area contributed by atoms with Crippen molar-refractivity contribution in [1.29, 1.82) is 0 Å². The Bertz CT molecular complexity index is 1370. The molecule has 0 spiro atoms. The van der Waals surface area contributed by atoms with Gasteiger partial charge in [-0.1, -0.05) is 6.58 Å². The largest absolute Gasteiger partial charge is 0.461 e. The summed E-state index contributed by atoms with van der Waals surface area (Å²) in [6.45, 7) is 0.151. The number of ether oxygens (including phenoxy) is 1. The molecule has 0 aromatic heterocycles. The normalized spacial score (nSPS) is 16.1. The van der Waals surface area contributed by atoms with E-state index < -0.39 is 111 Å². The maximum atomic E-state index is 14.1. The van der Waals surface area contributed by atoms with Gasteiger partial charge in [-0.2, -0.15) is 110 Å². The number of carbonyl (C=O) groups is 1. The van der Waals surface area contributed by atoms with Crippen LogP contribution in [0.3, 0.4) is 0 Å². The van der Waals surface area contributed by atoms with Crippen molar-refractivity contribution in [2.45, 2.75) is 71.3 Å². The van der Waals surface area contributed by atoms with Crippen LogP contribution in [0.5, 0.6) is 0 Å². The third-order valence-corrected chi connectivity index (χ3v) is 7.88. The minimum Gasteiger partial charge on any atom is -0.461 e. The van der Waals surface area contributed by atoms with Crippen molar-refractivity contribution in [3.05, 3.63) is 12.7 Å². The predicted octanol–water partition coefficient (Wildman–Crippen LogP) is 7.53. The number of likely N-dealkylation sites (N-methyl/N-ethyl adjacent to an activating group) is 1. The van der Waals surface area contributed by atoms with E-state index in [1.165, 1.54) is 0 Å². The highest BCUT2D eigenvalue weighted by atomic mass is 32.2. The standard InChI is InChI=1S/C19H12F25NO4S/c1-3-7(46)49-5-4-45(2)50(47,48)6-8(20,21)9(22,23)10(24,25)11(26,27)12(28,29)13(30,31)14(32,33)15(34,35)16(36,37)17(38,39)18(40,41)19(42,43)44/h3H,1,4-6H2,2H3. The minimum atomic E-state index is -9.73. The van der Waals surface area contributed by atoms with Gasteiger partial charge in [0.15, 0.2) is 0 Å². The van der Waals surface area contributed by atoms with Gasteiger partial charge in [0.05, 0.1) is 0 Å². The molecule has 0 aliphatic rings. The first kappa shape index (κ1) is 47.4. The second-order valence-corrected chi connectivity index (χ2v) is 11.5. The first-order valence-electron chi connectivity index (χ1n) is 11.3. The molecule has 0 saturated heterocycles. The van der Waals surface area contributed by atoms with Gasteiger partial charge in [0.25, 0.3) is 0 Å². The summed E-state index contributed by atoms with van der Waals surface area (Å²) in [6, 6.07) is 0. The van der Waals surface area contributed by atoms with E-state index in [4.69, 9.17) is 0 Å². The van der Waals surface area contributed by atoms with Gasteiger partial charge in [0.2, 0.25) is 10.0 Å². The topological polar surface area (TPSA) is 63.7 Å². The maximum Gasteiger partial charge on any atom is 0.460 e. The first-order valence-corrected chi connectivity index (χ1v) is 12.9. The van der Waals surface area contributed by atoms with Crippen LogP contribution in [-0.4, -0.2) is 116 Å². The van der Waals surface area contributed by atoms with Crippen LogP contribution in [0.2, 0.25) is 0 Å². The molecule has 0 saturated carbocycles. The smallest absolute Gasteiger partial charge is 0.460 e. The van der Waals surface area contributed by atoms with Crippen LogP contribution in [0, 0.1) is 0 Å². The van der Waals surface area contributed by atoms with E-state index in [0.29, 0.717) is 6.08 Å². The summed E-state index contributed by atoms with van der Waals surface area (Å²) in [5.41, 5.74) is 0. The summed E-state index contributed by atoms with van der Waals surface area (Å²) in [5.74, 6) is -106. The third kappa shape index (κ3) is 6.60. The Morgan fingerprint density at radius 3 is 1.06 bits per heavy atom. The van der Waals surface area contributed by atoms with Crippen molar-refractivity contribution in [2.75, 3.05) is 26.0 Å². The highest BCUT2D eigenvalue weighted by molar-refractivity contribution is 7.89. The first-order chi connectivity index (χ1) is 21.3. The fourth-order valence-corrected chi connectivity index (χ4v) is 4.10. The second kappa shape index (κ2) is 12.8. The molecule has 0 bridgehead atoms. The molecule has 0 aliphatic heterocycles. The molecule has 0 heterocycles. The van der Waals surface area contributed by atoms with Gasteiger partial charge in [-0.3, -0.25) is 0 Å². The predicted molar refractivity (Wildman–Crippen MR) is 108 cm³/mol. The molecule has 31 heteroatoms. The molecule has 0 aromatic rings. The summed E-state index contributed by atoms with van der Waals surface area (Å²) < 4.78 is 365. The number of nitrogens with zero attached hydrogens (tertiary/aromatic N) is 1. The quantitative estimate of drug-likeness (QED) is 0.0866. The van der Waals surface area contributed by atoms with Crippen LogP contribution >= 0.6 is 0 Å². The van der Waals surface area contributed by atoms with E-state index >= 15 is 0 Å². The summed E-state index contributed by atoms with van der Waals surface area (Å²) in [5, 5.41) is 0. The van der Waals surface area contributed by atoms with E-state index in [1.54, 1.807) is 0 Å². The Morgan fingerprint density at radius 2 is 0.800 bits per heavy atom. The molecule has 0 rings (SSSR count). The van der Waals surface area contributed by atoms with Gasteiger partial charge < -0.3 is 4.74 Å². The summed E-state index contributed by atoms with van der Waals surface area (Å²) in [7, 11) is -6.26. The van der Waals surface area contributed by atoms with Crippen molar-refractivity contribution in [3.8, 4) is 0 Å². The lowest BCUT2D eigenvalue weighted by molar-refractivity contribution is -0.481. The Hall–Kier alpha value is -2.63. The van der Waals surface area contributed by atoms with E-state index in [9.17, 15) is 123 Å². The van der Waals surface area contributed by atoms with Gasteiger partial charge >= 0.3 is 77.3 Å². The molecular formula is C19H12F25NO4S. The lowest BCUT2D eigenvalue weighted by Gasteiger charge is -2.45. The number of hydrogen-bond acceptors (Lipinski definition) is 4. The molecule has 0 fully saturated rings. The Balaban J connectivity index is 7.13. The number of hydrogen-bond donors (Lipinski definition) is 0. The lowest BCUT2D eigenvalue weighted by atomic mass is 9.84. The molecule has 0 amide bonds. The van der Waals surface area contributed by atoms with Crippen molar-refractivity contribution in [2.24, 2.45) is 0 Å². The molecule has 0 N–H and O–H groups in total. The van der Waals surface area contributed by atoms with Crippen LogP contribution < -0.4 is 0 Å². The number of sulfonamides is 1. The molecule has 50 heavy (non-hydrogen) atoms. The molecular weight excluding hydrogens is 813 g/mol. The second-order valence-electron chi connectivity index (χ2n) is 9.40. The van der Waals surface area contributed by atoms with Crippen molar-refractivity contribution < 1.29 is 128 Å². The average molecular weight is 825 g/mol. The van der Waals surface area contributed by atoms with E-state index in [2.05, 4.69) is 11.3 Å². The molecule has 0 unspecified atom stereocenters. The highest BCUT2D eigenvalue weighted by Gasteiger charge is 2.99. The molecule has 0 radical (unpaired) electrons. The van der Waals surface area contributed by atoms with Crippen molar-refractivity contribution >= 4 is 16.0 Å². The van der Waals surface area contributed by atoms with Gasteiger partial charge in [-0.25, -0.2) is 17.5 Å². The van der Waals surface area contributed by atoms with Crippen LogP contribution in [0.4, 0.5) is 110 Å². The molecule has 298 valence electrons. The number of alkyl halides is 25. The molecule has 0 atom stereocenters. The Kier molecular flexibility index (Phi) is 12.1. The zero-order valence-electron chi connectivity index (χ0n) is 22.8. The SMILES string of the molecule is C=CC(=O)OCCN(C)S(=O)(=O)CC(F)(F)C(F)(F)C(F)(F)C(F)(F)C(F)(F)C(F)(F)C(F)(F)C(F)(F)C(F)(F)C(F)(F)C(F)(F)C(F)(F)F. The van der Waals surface area contributed by atoms with Gasteiger partial charge in [-0.05, 0) is 0 Å².